The number of hydrogen-bond donors (Lipinski definition) is 0. The quantitative estimate of drug-likeness (QED) is 0.351. The van der Waals surface area contributed by atoms with Crippen LogP contribution in [0.3, 0.4) is 0 Å². The summed E-state index contributed by atoms with van der Waals surface area (Å²) in [4.78, 5) is 0. The molecule has 1 heterocycles. The van der Waals surface area contributed by atoms with Gasteiger partial charge in [-0.3, -0.25) is 0 Å². The SMILES string of the molecule is CCCCCCCCCCCCOCC[n+]1ccccc1. The van der Waals surface area contributed by atoms with E-state index in [0.29, 0.717) is 0 Å². The van der Waals surface area contributed by atoms with E-state index in [1.165, 1.54) is 64.2 Å². The summed E-state index contributed by atoms with van der Waals surface area (Å²) in [5, 5.41) is 0. The smallest absolute Gasteiger partial charge is 0.171 e. The number of nitrogens with zero attached hydrogens (tertiary/aromatic N) is 1. The van der Waals surface area contributed by atoms with Gasteiger partial charge in [-0.1, -0.05) is 70.8 Å². The summed E-state index contributed by atoms with van der Waals surface area (Å²) in [6.07, 6.45) is 18.0. The number of pyridine rings is 1. The third-order valence-corrected chi connectivity index (χ3v) is 3.91. The van der Waals surface area contributed by atoms with Crippen molar-refractivity contribution in [3.05, 3.63) is 30.6 Å². The fourth-order valence-corrected chi connectivity index (χ4v) is 2.55. The number of ether oxygens (including phenoxy) is 1. The topological polar surface area (TPSA) is 13.1 Å². The first-order valence-electron chi connectivity index (χ1n) is 8.95. The Hall–Kier alpha value is -0.890. The highest BCUT2D eigenvalue weighted by Crippen LogP contribution is 2.10. The molecule has 120 valence electrons. The maximum Gasteiger partial charge on any atom is 0.171 e. The summed E-state index contributed by atoms with van der Waals surface area (Å²) in [6, 6.07) is 6.16. The summed E-state index contributed by atoms with van der Waals surface area (Å²) in [5.74, 6) is 0. The fourth-order valence-electron chi connectivity index (χ4n) is 2.55. The van der Waals surface area contributed by atoms with E-state index < -0.39 is 0 Å². The van der Waals surface area contributed by atoms with Crippen molar-refractivity contribution < 1.29 is 9.30 Å². The number of hydrogen-bond acceptors (Lipinski definition) is 1. The van der Waals surface area contributed by atoms with Gasteiger partial charge in [0.15, 0.2) is 18.9 Å². The van der Waals surface area contributed by atoms with Crippen LogP contribution in [0.25, 0.3) is 0 Å². The Morgan fingerprint density at radius 1 is 0.667 bits per heavy atom. The van der Waals surface area contributed by atoms with Gasteiger partial charge in [0, 0.05) is 18.7 Å². The van der Waals surface area contributed by atoms with Gasteiger partial charge in [-0.25, -0.2) is 4.57 Å². The molecule has 0 atom stereocenters. The lowest BCUT2D eigenvalue weighted by atomic mass is 10.1. The highest BCUT2D eigenvalue weighted by molar-refractivity contribution is 4.83. The molecule has 2 heteroatoms. The molecule has 0 N–H and O–H groups in total. The maximum absolute atomic E-state index is 5.69. The van der Waals surface area contributed by atoms with Gasteiger partial charge in [0.05, 0.1) is 0 Å². The average molecular weight is 292 g/mol. The van der Waals surface area contributed by atoms with Crippen molar-refractivity contribution in [2.24, 2.45) is 0 Å². The summed E-state index contributed by atoms with van der Waals surface area (Å²) in [6.45, 7) is 4.98. The van der Waals surface area contributed by atoms with Crippen molar-refractivity contribution in [2.75, 3.05) is 13.2 Å². The largest absolute Gasteiger partial charge is 0.375 e. The molecule has 1 rings (SSSR count). The second-order valence-corrected chi connectivity index (χ2v) is 5.91. The minimum atomic E-state index is 0.826. The molecule has 0 aliphatic carbocycles. The summed E-state index contributed by atoms with van der Waals surface area (Å²) in [7, 11) is 0. The summed E-state index contributed by atoms with van der Waals surface area (Å²) in [5.41, 5.74) is 0. The van der Waals surface area contributed by atoms with Crippen molar-refractivity contribution in [1.29, 1.82) is 0 Å². The van der Waals surface area contributed by atoms with Crippen LogP contribution in [-0.2, 0) is 11.3 Å². The van der Waals surface area contributed by atoms with E-state index in [-0.39, 0.29) is 0 Å². The van der Waals surface area contributed by atoms with Gasteiger partial charge in [-0.15, -0.1) is 0 Å². The van der Waals surface area contributed by atoms with Gasteiger partial charge >= 0.3 is 0 Å². The predicted octanol–water partition coefficient (Wildman–Crippen LogP) is 4.91. The van der Waals surface area contributed by atoms with Gasteiger partial charge in [0.1, 0.15) is 6.61 Å². The van der Waals surface area contributed by atoms with Gasteiger partial charge in [-0.2, -0.15) is 0 Å². The molecule has 0 saturated carbocycles. The van der Waals surface area contributed by atoms with Crippen molar-refractivity contribution in [3.8, 4) is 0 Å². The molecule has 1 aromatic rings. The minimum Gasteiger partial charge on any atom is -0.375 e. The van der Waals surface area contributed by atoms with E-state index in [4.69, 9.17) is 4.74 Å². The molecule has 0 unspecified atom stereocenters. The van der Waals surface area contributed by atoms with Crippen LogP contribution >= 0.6 is 0 Å². The molecule has 1 aromatic heterocycles. The van der Waals surface area contributed by atoms with E-state index in [1.54, 1.807) is 0 Å². The van der Waals surface area contributed by atoms with Gasteiger partial charge in [-0.05, 0) is 6.42 Å². The molecule has 0 bridgehead atoms. The van der Waals surface area contributed by atoms with E-state index >= 15 is 0 Å². The van der Waals surface area contributed by atoms with Crippen LogP contribution in [0.4, 0.5) is 0 Å². The molecule has 0 amide bonds. The summed E-state index contributed by atoms with van der Waals surface area (Å²) >= 11 is 0. The number of rotatable bonds is 14. The number of aromatic nitrogens is 1. The molecular formula is C19H34NO+. The van der Waals surface area contributed by atoms with Crippen LogP contribution in [0.2, 0.25) is 0 Å². The zero-order valence-corrected chi connectivity index (χ0v) is 13.9. The lowest BCUT2D eigenvalue weighted by Gasteiger charge is -2.03. The molecule has 0 aromatic carbocycles. The van der Waals surface area contributed by atoms with Gasteiger partial charge in [0.25, 0.3) is 0 Å². The van der Waals surface area contributed by atoms with E-state index in [2.05, 4.69) is 36.0 Å². The number of unbranched alkanes of at least 4 members (excludes halogenated alkanes) is 9. The molecule has 2 nitrogen and oxygen atoms in total. The lowest BCUT2D eigenvalue weighted by molar-refractivity contribution is -0.698. The molecule has 0 fully saturated rings. The first-order chi connectivity index (χ1) is 10.4. The zero-order chi connectivity index (χ0) is 15.0. The van der Waals surface area contributed by atoms with E-state index in [1.807, 2.05) is 6.07 Å². The maximum atomic E-state index is 5.69. The molecule has 0 radical (unpaired) electrons. The Morgan fingerprint density at radius 2 is 1.24 bits per heavy atom. The van der Waals surface area contributed by atoms with Crippen LogP contribution in [0, 0.1) is 0 Å². The molecule has 0 spiro atoms. The van der Waals surface area contributed by atoms with Crippen molar-refractivity contribution in [3.63, 3.8) is 0 Å². The monoisotopic (exact) mass is 292 g/mol. The third-order valence-electron chi connectivity index (χ3n) is 3.91. The molecule has 0 aliphatic heterocycles. The Balaban J connectivity index is 1.75. The van der Waals surface area contributed by atoms with Crippen molar-refractivity contribution >= 4 is 0 Å². The zero-order valence-electron chi connectivity index (χ0n) is 13.9. The third kappa shape index (κ3) is 11.4. The van der Waals surface area contributed by atoms with E-state index in [9.17, 15) is 0 Å². The van der Waals surface area contributed by atoms with Crippen LogP contribution in [-0.4, -0.2) is 13.2 Å². The lowest BCUT2D eigenvalue weighted by Crippen LogP contribution is -2.34. The van der Waals surface area contributed by atoms with Gasteiger partial charge in [0.2, 0.25) is 0 Å². The van der Waals surface area contributed by atoms with Crippen molar-refractivity contribution in [1.82, 2.24) is 0 Å². The molecule has 21 heavy (non-hydrogen) atoms. The Kier molecular flexibility index (Phi) is 12.2. The standard InChI is InChI=1S/C19H34NO/c1-2-3-4-5-6-7-8-9-10-14-18-21-19-17-20-15-12-11-13-16-20/h11-13,15-16H,2-10,14,17-19H2,1H3/q+1. The predicted molar refractivity (Wildman–Crippen MR) is 89.3 cm³/mol. The van der Waals surface area contributed by atoms with Crippen LogP contribution < -0.4 is 4.57 Å². The Bertz CT molecular complexity index is 313. The van der Waals surface area contributed by atoms with Crippen LogP contribution in [0.1, 0.15) is 71.1 Å². The normalized spacial score (nSPS) is 10.9. The van der Waals surface area contributed by atoms with E-state index in [0.717, 1.165) is 19.8 Å². The fraction of sp³-hybridized carbons (Fsp3) is 0.737. The molecular weight excluding hydrogens is 258 g/mol. The average Bonchev–Trinajstić information content (AvgIpc) is 2.53. The second-order valence-electron chi connectivity index (χ2n) is 5.91. The highest BCUT2D eigenvalue weighted by atomic mass is 16.5. The van der Waals surface area contributed by atoms with Gasteiger partial charge < -0.3 is 4.74 Å². The summed E-state index contributed by atoms with van der Waals surface area (Å²) < 4.78 is 7.85. The Labute approximate surface area is 131 Å². The first kappa shape index (κ1) is 18.2. The van der Waals surface area contributed by atoms with Crippen LogP contribution in [0.15, 0.2) is 30.6 Å². The van der Waals surface area contributed by atoms with Crippen LogP contribution in [0.5, 0.6) is 0 Å². The van der Waals surface area contributed by atoms with Crippen molar-refractivity contribution in [2.45, 2.75) is 77.7 Å². The molecule has 0 saturated heterocycles. The minimum absolute atomic E-state index is 0.826. The molecule has 0 aliphatic rings. The first-order valence-corrected chi connectivity index (χ1v) is 8.95. The highest BCUT2D eigenvalue weighted by Gasteiger charge is 1.97. The second kappa shape index (κ2) is 14.1. The Morgan fingerprint density at radius 3 is 1.86 bits per heavy atom.